The molecule has 0 aliphatic rings. The molecule has 2 rings (SSSR count). The number of benzene rings is 2. The lowest BCUT2D eigenvalue weighted by atomic mass is 10.2. The zero-order valence-electron chi connectivity index (χ0n) is 11.6. The van der Waals surface area contributed by atoms with Crippen LogP contribution in [0.15, 0.2) is 46.9 Å². The highest BCUT2D eigenvalue weighted by Gasteiger charge is 2.06. The third kappa shape index (κ3) is 4.14. The second-order valence-corrected chi connectivity index (χ2v) is 5.25. The SMILES string of the molecule is COc1ccc(Br)cc1/C=C\C(=O)Nc1ccc(F)cc1F. The van der Waals surface area contributed by atoms with Gasteiger partial charge < -0.3 is 10.1 Å². The molecule has 0 saturated heterocycles. The zero-order chi connectivity index (χ0) is 16.1. The number of hydrogen-bond acceptors (Lipinski definition) is 2. The molecule has 114 valence electrons. The number of carbonyl (C=O) groups is 1. The fourth-order valence-electron chi connectivity index (χ4n) is 1.77. The second-order valence-electron chi connectivity index (χ2n) is 4.33. The Balaban J connectivity index is 2.13. The highest BCUT2D eigenvalue weighted by Crippen LogP contribution is 2.24. The van der Waals surface area contributed by atoms with Crippen molar-refractivity contribution in [2.24, 2.45) is 0 Å². The Labute approximate surface area is 134 Å². The number of rotatable bonds is 4. The Morgan fingerprint density at radius 3 is 2.68 bits per heavy atom. The Bertz CT molecular complexity index is 732. The first-order chi connectivity index (χ1) is 10.5. The Kier molecular flexibility index (Phi) is 5.27. The van der Waals surface area contributed by atoms with E-state index in [2.05, 4.69) is 21.2 Å². The first-order valence-corrected chi connectivity index (χ1v) is 7.06. The topological polar surface area (TPSA) is 38.3 Å². The van der Waals surface area contributed by atoms with Gasteiger partial charge in [0.2, 0.25) is 5.91 Å². The molecule has 22 heavy (non-hydrogen) atoms. The van der Waals surface area contributed by atoms with Crippen molar-refractivity contribution in [3.63, 3.8) is 0 Å². The molecule has 2 aromatic carbocycles. The van der Waals surface area contributed by atoms with Crippen molar-refractivity contribution in [1.29, 1.82) is 0 Å². The number of halogens is 3. The molecule has 0 atom stereocenters. The van der Waals surface area contributed by atoms with E-state index in [0.717, 1.165) is 16.6 Å². The Morgan fingerprint density at radius 1 is 1.23 bits per heavy atom. The second kappa shape index (κ2) is 7.17. The highest BCUT2D eigenvalue weighted by molar-refractivity contribution is 9.10. The summed E-state index contributed by atoms with van der Waals surface area (Å²) in [4.78, 5) is 11.8. The molecule has 1 amide bonds. The maximum atomic E-state index is 13.4. The predicted molar refractivity (Wildman–Crippen MR) is 84.7 cm³/mol. The molecule has 0 unspecified atom stereocenters. The van der Waals surface area contributed by atoms with Crippen LogP contribution in [0.2, 0.25) is 0 Å². The van der Waals surface area contributed by atoms with Crippen molar-refractivity contribution in [1.82, 2.24) is 0 Å². The Morgan fingerprint density at radius 2 is 2.00 bits per heavy atom. The lowest BCUT2D eigenvalue weighted by molar-refractivity contribution is -0.111. The van der Waals surface area contributed by atoms with Gasteiger partial charge in [-0.15, -0.1) is 0 Å². The van der Waals surface area contributed by atoms with Gasteiger partial charge in [-0.1, -0.05) is 15.9 Å². The summed E-state index contributed by atoms with van der Waals surface area (Å²) in [5, 5.41) is 2.34. The van der Waals surface area contributed by atoms with Crippen LogP contribution in [0.5, 0.6) is 5.75 Å². The van der Waals surface area contributed by atoms with Crippen LogP contribution in [0.1, 0.15) is 5.56 Å². The van der Waals surface area contributed by atoms with Crippen molar-refractivity contribution in [3.8, 4) is 5.75 Å². The van der Waals surface area contributed by atoms with Gasteiger partial charge in [-0.2, -0.15) is 0 Å². The highest BCUT2D eigenvalue weighted by atomic mass is 79.9. The van der Waals surface area contributed by atoms with Crippen molar-refractivity contribution >= 4 is 33.6 Å². The van der Waals surface area contributed by atoms with E-state index >= 15 is 0 Å². The molecule has 0 aliphatic heterocycles. The van der Waals surface area contributed by atoms with Crippen LogP contribution in [0, 0.1) is 11.6 Å². The maximum absolute atomic E-state index is 13.4. The average molecular weight is 368 g/mol. The molecule has 0 heterocycles. The zero-order valence-corrected chi connectivity index (χ0v) is 13.2. The maximum Gasteiger partial charge on any atom is 0.248 e. The number of ether oxygens (including phenoxy) is 1. The summed E-state index contributed by atoms with van der Waals surface area (Å²) in [6.07, 6.45) is 2.79. The van der Waals surface area contributed by atoms with Gasteiger partial charge in [0.15, 0.2) is 0 Å². The van der Waals surface area contributed by atoms with Crippen LogP contribution in [0.25, 0.3) is 6.08 Å². The van der Waals surface area contributed by atoms with E-state index in [1.807, 2.05) is 6.07 Å². The van der Waals surface area contributed by atoms with Crippen LogP contribution >= 0.6 is 15.9 Å². The summed E-state index contributed by atoms with van der Waals surface area (Å²) < 4.78 is 32.2. The van der Waals surface area contributed by atoms with Crippen molar-refractivity contribution in [3.05, 3.63) is 64.1 Å². The van der Waals surface area contributed by atoms with E-state index in [-0.39, 0.29) is 5.69 Å². The number of amides is 1. The van der Waals surface area contributed by atoms with E-state index in [4.69, 9.17) is 4.74 Å². The first-order valence-electron chi connectivity index (χ1n) is 6.27. The average Bonchev–Trinajstić information content (AvgIpc) is 2.48. The summed E-state index contributed by atoms with van der Waals surface area (Å²) in [7, 11) is 1.52. The molecule has 2 aromatic rings. The van der Waals surface area contributed by atoms with Gasteiger partial charge in [0.05, 0.1) is 12.8 Å². The van der Waals surface area contributed by atoms with E-state index in [0.29, 0.717) is 17.4 Å². The molecule has 0 aliphatic carbocycles. The van der Waals surface area contributed by atoms with E-state index in [1.54, 1.807) is 18.2 Å². The summed E-state index contributed by atoms with van der Waals surface area (Å²) >= 11 is 3.33. The van der Waals surface area contributed by atoms with Gasteiger partial charge in [0, 0.05) is 22.2 Å². The predicted octanol–water partition coefficient (Wildman–Crippen LogP) is 4.39. The molecule has 0 spiro atoms. The minimum Gasteiger partial charge on any atom is -0.496 e. The van der Waals surface area contributed by atoms with Gasteiger partial charge in [0.1, 0.15) is 17.4 Å². The van der Waals surface area contributed by atoms with Crippen LogP contribution in [-0.4, -0.2) is 13.0 Å². The fraction of sp³-hybridized carbons (Fsp3) is 0.0625. The number of methoxy groups -OCH3 is 1. The van der Waals surface area contributed by atoms with Crippen molar-refractivity contribution < 1.29 is 18.3 Å². The summed E-state index contributed by atoms with van der Waals surface area (Å²) in [6, 6.07) is 8.28. The summed E-state index contributed by atoms with van der Waals surface area (Å²) in [5.74, 6) is -1.47. The monoisotopic (exact) mass is 367 g/mol. The molecule has 0 fully saturated rings. The summed E-state index contributed by atoms with van der Waals surface area (Å²) in [6.45, 7) is 0. The molecule has 6 heteroatoms. The number of anilines is 1. The lowest BCUT2D eigenvalue weighted by Gasteiger charge is -2.06. The van der Waals surface area contributed by atoms with E-state index in [1.165, 1.54) is 13.2 Å². The molecule has 0 bridgehead atoms. The van der Waals surface area contributed by atoms with Crippen molar-refractivity contribution in [2.75, 3.05) is 12.4 Å². The van der Waals surface area contributed by atoms with Gasteiger partial charge >= 0.3 is 0 Å². The van der Waals surface area contributed by atoms with E-state index in [9.17, 15) is 13.6 Å². The van der Waals surface area contributed by atoms with Gasteiger partial charge in [-0.05, 0) is 36.4 Å². The van der Waals surface area contributed by atoms with Crippen LogP contribution < -0.4 is 10.1 Å². The quantitative estimate of drug-likeness (QED) is 0.813. The largest absolute Gasteiger partial charge is 0.496 e. The van der Waals surface area contributed by atoms with Crippen LogP contribution in [0.4, 0.5) is 14.5 Å². The fourth-order valence-corrected chi connectivity index (χ4v) is 2.14. The van der Waals surface area contributed by atoms with Crippen molar-refractivity contribution in [2.45, 2.75) is 0 Å². The Hall–Kier alpha value is -2.21. The van der Waals surface area contributed by atoms with E-state index < -0.39 is 17.5 Å². The standard InChI is InChI=1S/C16H12BrF2NO2/c1-22-15-6-3-11(17)8-10(15)2-7-16(21)20-14-5-4-12(18)9-13(14)19/h2-9H,1H3,(H,20,21)/b7-2-. The molecular formula is C16H12BrF2NO2. The minimum absolute atomic E-state index is 0.0859. The number of hydrogen-bond donors (Lipinski definition) is 1. The third-order valence-corrected chi connectivity index (χ3v) is 3.29. The van der Waals surface area contributed by atoms with Crippen LogP contribution in [-0.2, 0) is 4.79 Å². The van der Waals surface area contributed by atoms with Crippen LogP contribution in [0.3, 0.4) is 0 Å². The lowest BCUT2D eigenvalue weighted by Crippen LogP contribution is -2.09. The molecular weight excluding hydrogens is 356 g/mol. The molecule has 3 nitrogen and oxygen atoms in total. The smallest absolute Gasteiger partial charge is 0.248 e. The third-order valence-electron chi connectivity index (χ3n) is 2.80. The normalized spacial score (nSPS) is 10.7. The molecule has 1 N–H and O–H groups in total. The van der Waals surface area contributed by atoms with Gasteiger partial charge in [-0.3, -0.25) is 4.79 Å². The number of carbonyl (C=O) groups excluding carboxylic acids is 1. The minimum atomic E-state index is -0.832. The molecule has 0 saturated carbocycles. The van der Waals surface area contributed by atoms with Gasteiger partial charge in [0.25, 0.3) is 0 Å². The van der Waals surface area contributed by atoms with Gasteiger partial charge in [-0.25, -0.2) is 8.78 Å². The molecule has 0 aromatic heterocycles. The summed E-state index contributed by atoms with van der Waals surface area (Å²) in [5.41, 5.74) is 0.601. The molecule has 0 radical (unpaired) electrons. The number of nitrogens with one attached hydrogen (secondary N) is 1. The first kappa shape index (κ1) is 16.2.